The fourth-order valence-electron chi connectivity index (χ4n) is 1.07. The average molecular weight is 230 g/mol. The van der Waals surface area contributed by atoms with Crippen LogP contribution >= 0.6 is 0 Å². The van der Waals surface area contributed by atoms with Crippen LogP contribution in [0, 0.1) is 13.8 Å². The van der Waals surface area contributed by atoms with Crippen LogP contribution in [0.3, 0.4) is 0 Å². The van der Waals surface area contributed by atoms with Crippen molar-refractivity contribution in [3.05, 3.63) is 71.8 Å². The van der Waals surface area contributed by atoms with E-state index in [0.717, 1.165) is 0 Å². The molecule has 0 aliphatic carbocycles. The third kappa shape index (κ3) is 10.7. The van der Waals surface area contributed by atoms with Crippen LogP contribution in [0.25, 0.3) is 0 Å². The number of benzene rings is 2. The Hall–Kier alpha value is -1.56. The number of aryl methyl sites for hydroxylation is 2. The highest BCUT2D eigenvalue weighted by Gasteiger charge is 1.72. The predicted octanol–water partition coefficient (Wildman–Crippen LogP) is 5.65. The second-order valence-electron chi connectivity index (χ2n) is 3.31. The quantitative estimate of drug-likeness (QED) is 0.548. The zero-order valence-electron chi connectivity index (χ0n) is 10.8. The van der Waals surface area contributed by atoms with Crippen LogP contribution < -0.4 is 0 Å². The van der Waals surface area contributed by atoms with E-state index < -0.39 is 0 Å². The lowest BCUT2D eigenvalue weighted by Crippen LogP contribution is -1.62. The highest BCUT2D eigenvalue weighted by Crippen LogP contribution is 1.92. The van der Waals surface area contributed by atoms with Gasteiger partial charge in [-0.2, -0.15) is 0 Å². The maximum Gasteiger partial charge on any atom is -0.0398 e. The van der Waals surface area contributed by atoms with E-state index in [2.05, 4.69) is 38.1 Å². The average Bonchev–Trinajstić information content (AvgIpc) is 2.34. The van der Waals surface area contributed by atoms with Gasteiger partial charge in [0.15, 0.2) is 0 Å². The molecule has 0 N–H and O–H groups in total. The van der Waals surface area contributed by atoms with E-state index in [4.69, 9.17) is 0 Å². The molecule has 0 unspecified atom stereocenters. The van der Waals surface area contributed by atoms with E-state index in [1.165, 1.54) is 11.1 Å². The molecule has 0 bridgehead atoms. The number of hydrogen-bond acceptors (Lipinski definition) is 0. The first-order valence-electron chi connectivity index (χ1n) is 5.82. The van der Waals surface area contributed by atoms with E-state index in [1.807, 2.05) is 50.2 Å². The van der Waals surface area contributed by atoms with Crippen molar-refractivity contribution in [3.63, 3.8) is 0 Å². The molecule has 94 valence electrons. The second kappa shape index (κ2) is 12.5. The maximum atomic E-state index is 2.08. The molecular weight excluding hydrogens is 204 g/mol. The number of hydrogen-bond donors (Lipinski definition) is 0. The molecule has 0 amide bonds. The van der Waals surface area contributed by atoms with Gasteiger partial charge in [0.1, 0.15) is 0 Å². The van der Waals surface area contributed by atoms with Gasteiger partial charge in [0.2, 0.25) is 0 Å². The van der Waals surface area contributed by atoms with E-state index in [-0.39, 0.29) is 7.43 Å². The molecule has 0 saturated carbocycles. The van der Waals surface area contributed by atoms with Crippen LogP contribution in [0.15, 0.2) is 60.7 Å². The van der Waals surface area contributed by atoms with Crippen molar-refractivity contribution >= 4 is 0 Å². The molecule has 2 aromatic rings. The summed E-state index contributed by atoms with van der Waals surface area (Å²) in [6.07, 6.45) is 0. The lowest BCUT2D eigenvalue weighted by molar-refractivity contribution is 1.48. The molecule has 2 aromatic carbocycles. The van der Waals surface area contributed by atoms with Crippen molar-refractivity contribution < 1.29 is 0 Å². The molecule has 2 rings (SSSR count). The summed E-state index contributed by atoms with van der Waals surface area (Å²) in [6, 6.07) is 20.5. The van der Waals surface area contributed by atoms with Crippen molar-refractivity contribution in [2.45, 2.75) is 35.1 Å². The molecule has 0 aliphatic rings. The molecule has 0 heterocycles. The molecule has 0 aliphatic heterocycles. The normalized spacial score (nSPS) is 7.53. The molecule has 17 heavy (non-hydrogen) atoms. The zero-order valence-corrected chi connectivity index (χ0v) is 10.8. The minimum Gasteiger partial charge on any atom is -0.0776 e. The molecule has 0 aromatic heterocycles. The first-order valence-corrected chi connectivity index (χ1v) is 5.82. The lowest BCUT2D eigenvalue weighted by Gasteiger charge is -1.82. The van der Waals surface area contributed by atoms with Crippen LogP contribution in [0.2, 0.25) is 0 Å². The van der Waals surface area contributed by atoms with Crippen molar-refractivity contribution in [3.8, 4) is 0 Å². The minimum atomic E-state index is 0. The Kier molecular flexibility index (Phi) is 13.1. The smallest absolute Gasteiger partial charge is 0.0398 e. The van der Waals surface area contributed by atoms with Gasteiger partial charge >= 0.3 is 0 Å². The Morgan fingerprint density at radius 3 is 0.882 bits per heavy atom. The Bertz CT molecular complexity index is 297. The summed E-state index contributed by atoms with van der Waals surface area (Å²) in [5.74, 6) is 0. The molecule has 0 spiro atoms. The summed E-state index contributed by atoms with van der Waals surface area (Å²) in [7, 11) is 0. The van der Waals surface area contributed by atoms with Crippen molar-refractivity contribution in [1.82, 2.24) is 0 Å². The Morgan fingerprint density at radius 2 is 0.765 bits per heavy atom. The summed E-state index contributed by atoms with van der Waals surface area (Å²) in [5, 5.41) is 0. The second-order valence-corrected chi connectivity index (χ2v) is 3.31. The summed E-state index contributed by atoms with van der Waals surface area (Å²) in [4.78, 5) is 0. The minimum absolute atomic E-state index is 0. The van der Waals surface area contributed by atoms with Crippen LogP contribution in [0.5, 0.6) is 0 Å². The highest BCUT2D eigenvalue weighted by molar-refractivity contribution is 5.12. The predicted molar refractivity (Wildman–Crippen MR) is 80.4 cm³/mol. The van der Waals surface area contributed by atoms with Crippen LogP contribution in [-0.4, -0.2) is 0 Å². The summed E-state index contributed by atoms with van der Waals surface area (Å²) in [6.45, 7) is 8.17. The highest BCUT2D eigenvalue weighted by atomic mass is 13.8. The van der Waals surface area contributed by atoms with Gasteiger partial charge in [0, 0.05) is 0 Å². The summed E-state index contributed by atoms with van der Waals surface area (Å²) in [5.41, 5.74) is 2.64. The number of rotatable bonds is 0. The third-order valence-corrected chi connectivity index (χ3v) is 1.88. The zero-order chi connectivity index (χ0) is 12.2. The first kappa shape index (κ1) is 17.8. The third-order valence-electron chi connectivity index (χ3n) is 1.88. The Balaban J connectivity index is 0. The van der Waals surface area contributed by atoms with Gasteiger partial charge in [-0.3, -0.25) is 0 Å². The molecule has 0 radical (unpaired) electrons. The van der Waals surface area contributed by atoms with E-state index in [0.29, 0.717) is 0 Å². The molecule has 0 atom stereocenters. The lowest BCUT2D eigenvalue weighted by atomic mass is 10.2. The van der Waals surface area contributed by atoms with Gasteiger partial charge in [-0.15, -0.1) is 0 Å². The monoisotopic (exact) mass is 230 g/mol. The van der Waals surface area contributed by atoms with Gasteiger partial charge in [-0.05, 0) is 13.8 Å². The Morgan fingerprint density at radius 1 is 0.529 bits per heavy atom. The van der Waals surface area contributed by atoms with Crippen molar-refractivity contribution in [2.24, 2.45) is 0 Å². The van der Waals surface area contributed by atoms with Crippen molar-refractivity contribution in [1.29, 1.82) is 0 Å². The molecule has 0 heteroatoms. The maximum absolute atomic E-state index is 2.08. The molecule has 0 fully saturated rings. The van der Waals surface area contributed by atoms with Gasteiger partial charge in [0.05, 0.1) is 0 Å². The van der Waals surface area contributed by atoms with Crippen LogP contribution in [0.1, 0.15) is 32.4 Å². The van der Waals surface area contributed by atoms with Gasteiger partial charge in [0.25, 0.3) is 0 Å². The fourth-order valence-corrected chi connectivity index (χ4v) is 1.07. The topological polar surface area (TPSA) is 0 Å². The van der Waals surface area contributed by atoms with Gasteiger partial charge < -0.3 is 0 Å². The standard InChI is InChI=1S/2C7H8.C2H6.CH4/c2*1-7-5-3-2-4-6-7;1-2;/h2*2-6H,1H3;1-2H3;1H4. The van der Waals surface area contributed by atoms with Gasteiger partial charge in [-0.25, -0.2) is 0 Å². The first-order chi connectivity index (χ1) is 7.79. The molecular formula is C17H26. The molecule has 0 saturated heterocycles. The van der Waals surface area contributed by atoms with Gasteiger partial charge in [-0.1, -0.05) is 93.1 Å². The van der Waals surface area contributed by atoms with E-state index in [1.54, 1.807) is 0 Å². The SMILES string of the molecule is C.CC.Cc1ccccc1.Cc1ccccc1. The van der Waals surface area contributed by atoms with E-state index >= 15 is 0 Å². The van der Waals surface area contributed by atoms with Crippen LogP contribution in [0.4, 0.5) is 0 Å². The Labute approximate surface area is 107 Å². The summed E-state index contributed by atoms with van der Waals surface area (Å²) < 4.78 is 0. The van der Waals surface area contributed by atoms with Crippen molar-refractivity contribution in [2.75, 3.05) is 0 Å². The van der Waals surface area contributed by atoms with E-state index in [9.17, 15) is 0 Å². The summed E-state index contributed by atoms with van der Waals surface area (Å²) >= 11 is 0. The fraction of sp³-hybridized carbons (Fsp3) is 0.294. The molecule has 0 nitrogen and oxygen atoms in total. The largest absolute Gasteiger partial charge is 0.0776 e. The van der Waals surface area contributed by atoms with Crippen LogP contribution in [-0.2, 0) is 0 Å².